The second kappa shape index (κ2) is 14.6. The summed E-state index contributed by atoms with van der Waals surface area (Å²) >= 11 is 0. The molecule has 12 heteroatoms. The van der Waals surface area contributed by atoms with Crippen molar-refractivity contribution in [1.82, 2.24) is 20.4 Å². The van der Waals surface area contributed by atoms with E-state index in [1.165, 1.54) is 0 Å². The van der Waals surface area contributed by atoms with E-state index in [0.717, 1.165) is 11.1 Å². The zero-order valence-electron chi connectivity index (χ0n) is 26.7. The number of nitrogens with one attached hydrogen (secondary N) is 2. The molecule has 1 saturated carbocycles. The molecule has 0 bridgehead atoms. The van der Waals surface area contributed by atoms with Crippen LogP contribution in [0.25, 0.3) is 0 Å². The van der Waals surface area contributed by atoms with Crippen LogP contribution < -0.4 is 15.4 Å². The molecule has 3 heterocycles. The van der Waals surface area contributed by atoms with Crippen molar-refractivity contribution < 1.29 is 37.4 Å². The molecule has 2 aromatic carbocycles. The predicted molar refractivity (Wildman–Crippen MR) is 169 cm³/mol. The van der Waals surface area contributed by atoms with Gasteiger partial charge in [-0.05, 0) is 43.7 Å². The number of rotatable bonds is 9. The van der Waals surface area contributed by atoms with Gasteiger partial charge in [0, 0.05) is 57.1 Å². The van der Waals surface area contributed by atoms with E-state index < -0.39 is 35.9 Å². The number of hydrogen-bond acceptors (Lipinski definition) is 7. The van der Waals surface area contributed by atoms with E-state index in [4.69, 9.17) is 14.2 Å². The minimum Gasteiger partial charge on any atom is -0.493 e. The molecule has 2 N–H and O–H groups in total. The van der Waals surface area contributed by atoms with Crippen LogP contribution in [0, 0.1) is 5.92 Å². The third kappa shape index (κ3) is 7.86. The summed E-state index contributed by atoms with van der Waals surface area (Å²) in [5.41, 5.74) is 1.65. The zero-order valence-corrected chi connectivity index (χ0v) is 26.7. The summed E-state index contributed by atoms with van der Waals surface area (Å²) in [5, 5.41) is 5.91. The van der Waals surface area contributed by atoms with Gasteiger partial charge in [-0.1, -0.05) is 48.5 Å². The normalized spacial score (nSPS) is 26.3. The van der Waals surface area contributed by atoms with Gasteiger partial charge < -0.3 is 29.7 Å². The molecular formula is C35H44F2N4O6. The number of para-hydroxylation sites is 1. The third-order valence-corrected chi connectivity index (χ3v) is 9.93. The Labute approximate surface area is 274 Å². The number of alkyl carbamates (subject to hydrolysis) is 1. The molecule has 3 aliphatic heterocycles. The molecule has 3 fully saturated rings. The van der Waals surface area contributed by atoms with Crippen LogP contribution in [-0.4, -0.2) is 90.7 Å². The Bertz CT molecular complexity index is 1400. The van der Waals surface area contributed by atoms with Gasteiger partial charge in [0.25, 0.3) is 0 Å². The van der Waals surface area contributed by atoms with E-state index in [0.29, 0.717) is 44.9 Å². The Balaban J connectivity index is 1.24. The molecule has 254 valence electrons. The highest BCUT2D eigenvalue weighted by Gasteiger charge is 2.48. The highest BCUT2D eigenvalue weighted by atomic mass is 19.3. The molecule has 1 aliphatic carbocycles. The fourth-order valence-corrected chi connectivity index (χ4v) is 7.46. The van der Waals surface area contributed by atoms with Crippen molar-refractivity contribution in [3.63, 3.8) is 0 Å². The number of halogens is 2. The number of benzene rings is 2. The predicted octanol–water partition coefficient (Wildman–Crippen LogP) is 4.44. The van der Waals surface area contributed by atoms with Crippen LogP contribution in [-0.2, 0) is 25.7 Å². The van der Waals surface area contributed by atoms with Gasteiger partial charge >= 0.3 is 6.09 Å². The highest BCUT2D eigenvalue weighted by molar-refractivity contribution is 5.92. The largest absolute Gasteiger partial charge is 0.493 e. The van der Waals surface area contributed by atoms with E-state index in [2.05, 4.69) is 15.5 Å². The molecule has 4 aliphatic rings. The highest BCUT2D eigenvalue weighted by Crippen LogP contribution is 2.39. The van der Waals surface area contributed by atoms with Crippen LogP contribution in [0.2, 0.25) is 0 Å². The van der Waals surface area contributed by atoms with Crippen LogP contribution in [0.5, 0.6) is 5.75 Å². The van der Waals surface area contributed by atoms with Gasteiger partial charge in [0.1, 0.15) is 24.4 Å². The SMILES string of the molecule is CCO[C@@H]1C[C@H]2CN(C(=O)[C@@H](NC(=O)OCc3ccccc3)C3CCC(F)(F)CC3)[C@H](C(=O)N[C@@H]3CCOc4ccccc43)CN2C1. The second-order valence-electron chi connectivity index (χ2n) is 13.0. The lowest BCUT2D eigenvalue weighted by molar-refractivity contribution is -0.149. The number of fused-ring (bicyclic) bond motifs is 2. The number of alkyl halides is 2. The molecule has 2 saturated heterocycles. The number of carbonyl (C=O) groups is 3. The number of nitrogens with zero attached hydrogens (tertiary/aromatic N) is 2. The van der Waals surface area contributed by atoms with E-state index in [9.17, 15) is 23.2 Å². The van der Waals surface area contributed by atoms with Gasteiger partial charge in [-0.25, -0.2) is 13.6 Å². The van der Waals surface area contributed by atoms with Crippen LogP contribution in [0.4, 0.5) is 13.6 Å². The first kappa shape index (κ1) is 33.1. The number of hydrogen-bond donors (Lipinski definition) is 2. The van der Waals surface area contributed by atoms with Gasteiger partial charge in [-0.3, -0.25) is 14.5 Å². The minimum absolute atomic E-state index is 0.00645. The van der Waals surface area contributed by atoms with Crippen molar-refractivity contribution in [1.29, 1.82) is 0 Å². The molecule has 3 amide bonds. The number of amides is 3. The maximum absolute atomic E-state index is 14.6. The van der Waals surface area contributed by atoms with E-state index in [-0.39, 0.29) is 62.9 Å². The first-order chi connectivity index (χ1) is 22.7. The summed E-state index contributed by atoms with van der Waals surface area (Å²) in [6, 6.07) is 14.4. The summed E-state index contributed by atoms with van der Waals surface area (Å²) in [6.45, 7) is 4.14. The van der Waals surface area contributed by atoms with Gasteiger partial charge in [0.2, 0.25) is 17.7 Å². The Morgan fingerprint density at radius 2 is 1.74 bits per heavy atom. The Hall–Kier alpha value is -3.77. The van der Waals surface area contributed by atoms with Crippen molar-refractivity contribution in [3.05, 3.63) is 65.7 Å². The van der Waals surface area contributed by atoms with E-state index in [1.54, 1.807) is 4.90 Å². The third-order valence-electron chi connectivity index (χ3n) is 9.93. The van der Waals surface area contributed by atoms with E-state index >= 15 is 0 Å². The second-order valence-corrected chi connectivity index (χ2v) is 13.0. The summed E-state index contributed by atoms with van der Waals surface area (Å²) in [6.07, 6.45) is -0.165. The maximum atomic E-state index is 14.6. The summed E-state index contributed by atoms with van der Waals surface area (Å²) in [7, 11) is 0. The molecule has 10 nitrogen and oxygen atoms in total. The van der Waals surface area contributed by atoms with Crippen molar-refractivity contribution in [2.24, 2.45) is 5.92 Å². The zero-order chi connectivity index (χ0) is 33.0. The molecule has 6 rings (SSSR count). The van der Waals surface area contributed by atoms with Crippen LogP contribution >= 0.6 is 0 Å². The number of ether oxygens (including phenoxy) is 3. The lowest BCUT2D eigenvalue weighted by Crippen LogP contribution is -2.66. The Kier molecular flexibility index (Phi) is 10.3. The Morgan fingerprint density at radius 3 is 2.51 bits per heavy atom. The first-order valence-corrected chi connectivity index (χ1v) is 16.7. The number of carbonyl (C=O) groups excluding carboxylic acids is 3. The molecule has 2 aromatic rings. The molecule has 47 heavy (non-hydrogen) atoms. The van der Waals surface area contributed by atoms with E-state index in [1.807, 2.05) is 61.5 Å². The summed E-state index contributed by atoms with van der Waals surface area (Å²) in [5.74, 6) is -3.39. The van der Waals surface area contributed by atoms with Crippen LogP contribution in [0.15, 0.2) is 54.6 Å². The van der Waals surface area contributed by atoms with Crippen molar-refractivity contribution in [2.75, 3.05) is 32.8 Å². The molecule has 0 radical (unpaired) electrons. The number of piperazine rings is 1. The lowest BCUT2D eigenvalue weighted by atomic mass is 9.81. The van der Waals surface area contributed by atoms with Gasteiger partial charge in [0.05, 0.1) is 18.8 Å². The molecule has 0 unspecified atom stereocenters. The Morgan fingerprint density at radius 1 is 1.00 bits per heavy atom. The quantitative estimate of drug-likeness (QED) is 0.412. The van der Waals surface area contributed by atoms with Crippen molar-refractivity contribution >= 4 is 17.9 Å². The minimum atomic E-state index is -2.82. The molecule has 0 aromatic heterocycles. The maximum Gasteiger partial charge on any atom is 0.408 e. The fourth-order valence-electron chi connectivity index (χ4n) is 7.46. The standard InChI is InChI=1S/C35H44F2N4O6/c1-2-45-26-18-25-19-41(29(21-40(25)20-26)32(42)38-28-14-17-46-30-11-7-6-10-27(28)30)33(43)31(24-12-15-35(36,37)16-13-24)39-34(44)47-22-23-8-4-3-5-9-23/h3-11,24-26,28-29,31H,2,12-22H2,1H3,(H,38,42)(H,39,44)/t25-,26+,28+,29-,31-/m0/s1. The van der Waals surface area contributed by atoms with Crippen molar-refractivity contribution in [3.8, 4) is 5.75 Å². The van der Waals surface area contributed by atoms with Gasteiger partial charge in [-0.2, -0.15) is 0 Å². The lowest BCUT2D eigenvalue weighted by Gasteiger charge is -2.45. The smallest absolute Gasteiger partial charge is 0.408 e. The molecular weight excluding hydrogens is 610 g/mol. The summed E-state index contributed by atoms with van der Waals surface area (Å²) < 4.78 is 45.6. The van der Waals surface area contributed by atoms with Crippen LogP contribution in [0.1, 0.15) is 62.6 Å². The molecule has 5 atom stereocenters. The topological polar surface area (TPSA) is 109 Å². The molecule has 0 spiro atoms. The van der Waals surface area contributed by atoms with Gasteiger partial charge in [0.15, 0.2) is 0 Å². The van der Waals surface area contributed by atoms with Crippen molar-refractivity contribution in [2.45, 2.75) is 88.2 Å². The average molecular weight is 655 g/mol. The van der Waals surface area contributed by atoms with Gasteiger partial charge in [-0.15, -0.1) is 0 Å². The van der Waals surface area contributed by atoms with Crippen LogP contribution in [0.3, 0.4) is 0 Å². The average Bonchev–Trinajstić information content (AvgIpc) is 3.48. The monoisotopic (exact) mass is 654 g/mol. The summed E-state index contributed by atoms with van der Waals surface area (Å²) in [4.78, 5) is 45.6. The fraction of sp³-hybridized carbons (Fsp3) is 0.571. The first-order valence-electron chi connectivity index (χ1n) is 16.7.